The monoisotopic (exact) mass is 518 g/mol. The van der Waals surface area contributed by atoms with E-state index in [1.165, 1.54) is 18.9 Å². The predicted octanol–water partition coefficient (Wildman–Crippen LogP) is -0.123. The van der Waals surface area contributed by atoms with Crippen molar-refractivity contribution in [3.8, 4) is 0 Å². The SMILES string of the molecule is CC(C)CC(NC(=O)C(N)Cc1cnc[nH]1)C(=O)NC(CC(C)C)C(=O)NC(Cc1cnc[nH]1)C(=O)O. The molecule has 0 aliphatic heterocycles. The molecule has 204 valence electrons. The predicted molar refractivity (Wildman–Crippen MR) is 135 cm³/mol. The lowest BCUT2D eigenvalue weighted by molar-refractivity contribution is -0.142. The van der Waals surface area contributed by atoms with E-state index in [2.05, 4.69) is 35.9 Å². The van der Waals surface area contributed by atoms with E-state index in [4.69, 9.17) is 5.73 Å². The summed E-state index contributed by atoms with van der Waals surface area (Å²) in [5.74, 6) is -2.81. The number of amides is 3. The zero-order chi connectivity index (χ0) is 27.5. The number of rotatable bonds is 15. The largest absolute Gasteiger partial charge is 0.480 e. The fourth-order valence-corrected chi connectivity index (χ4v) is 3.77. The molecule has 13 nitrogen and oxygen atoms in total. The minimum atomic E-state index is -1.22. The van der Waals surface area contributed by atoms with Crippen molar-refractivity contribution in [3.63, 3.8) is 0 Å². The van der Waals surface area contributed by atoms with Gasteiger partial charge in [-0.3, -0.25) is 14.4 Å². The van der Waals surface area contributed by atoms with E-state index in [0.717, 1.165) is 0 Å². The Morgan fingerprint density at radius 1 is 0.784 bits per heavy atom. The molecule has 0 fully saturated rings. The normalized spacial score (nSPS) is 14.6. The minimum absolute atomic E-state index is 0.00364. The van der Waals surface area contributed by atoms with Crippen LogP contribution in [0.2, 0.25) is 0 Å². The first kappa shape index (κ1) is 29.5. The summed E-state index contributed by atoms with van der Waals surface area (Å²) in [7, 11) is 0. The van der Waals surface area contributed by atoms with Crippen LogP contribution in [0.25, 0.3) is 0 Å². The third kappa shape index (κ3) is 10.0. The van der Waals surface area contributed by atoms with Crippen molar-refractivity contribution in [1.82, 2.24) is 35.9 Å². The topological polar surface area (TPSA) is 208 Å². The summed E-state index contributed by atoms with van der Waals surface area (Å²) in [6.45, 7) is 7.57. The average Bonchev–Trinajstić information content (AvgIpc) is 3.51. The smallest absolute Gasteiger partial charge is 0.326 e. The third-order valence-electron chi connectivity index (χ3n) is 5.61. The average molecular weight is 519 g/mol. The molecule has 0 aliphatic rings. The van der Waals surface area contributed by atoms with Gasteiger partial charge < -0.3 is 36.8 Å². The van der Waals surface area contributed by atoms with Crippen LogP contribution in [0.5, 0.6) is 0 Å². The molecule has 2 rings (SSSR count). The molecule has 4 atom stereocenters. The Bertz CT molecular complexity index is 1010. The first-order chi connectivity index (χ1) is 17.5. The summed E-state index contributed by atoms with van der Waals surface area (Å²) in [5.41, 5.74) is 7.25. The molecule has 0 spiro atoms. The Balaban J connectivity index is 2.10. The number of imidazole rings is 2. The lowest BCUT2D eigenvalue weighted by Gasteiger charge is -2.26. The summed E-state index contributed by atoms with van der Waals surface area (Å²) in [6, 6.07) is -4.05. The first-order valence-electron chi connectivity index (χ1n) is 12.3. The lowest BCUT2D eigenvalue weighted by atomic mass is 9.99. The summed E-state index contributed by atoms with van der Waals surface area (Å²) in [5, 5.41) is 17.5. The maximum Gasteiger partial charge on any atom is 0.326 e. The molecule has 0 bridgehead atoms. The van der Waals surface area contributed by atoms with Crippen LogP contribution in [0.15, 0.2) is 25.0 Å². The van der Waals surface area contributed by atoms with Crippen molar-refractivity contribution in [3.05, 3.63) is 36.4 Å². The second-order valence-corrected chi connectivity index (χ2v) is 9.95. The number of aromatic amines is 2. The summed E-state index contributed by atoms with van der Waals surface area (Å²) in [6.07, 6.45) is 6.76. The molecule has 8 N–H and O–H groups in total. The van der Waals surface area contributed by atoms with Crippen LogP contribution in [0.4, 0.5) is 0 Å². The Morgan fingerprint density at radius 2 is 1.22 bits per heavy atom. The Kier molecular flexibility index (Phi) is 11.2. The lowest BCUT2D eigenvalue weighted by Crippen LogP contribution is -2.58. The molecule has 0 aliphatic carbocycles. The number of nitrogens with zero attached hydrogens (tertiary/aromatic N) is 2. The third-order valence-corrected chi connectivity index (χ3v) is 5.61. The molecule has 0 saturated carbocycles. The molecule has 2 heterocycles. The van der Waals surface area contributed by atoms with E-state index in [0.29, 0.717) is 17.8 Å². The standard InChI is InChI=1S/C24H38N8O5/c1-13(2)5-18(30-21(33)17(25)7-15-9-26-11-28-15)22(34)31-19(6-14(3)4)23(35)32-20(24(36)37)8-16-10-27-12-29-16/h9-14,17-20H,5-8,25H2,1-4H3,(H,26,28)(H,27,29)(H,30,33)(H,31,34)(H,32,35)(H,36,37). The van der Waals surface area contributed by atoms with Gasteiger partial charge in [0.2, 0.25) is 17.7 Å². The summed E-state index contributed by atoms with van der Waals surface area (Å²) < 4.78 is 0. The zero-order valence-corrected chi connectivity index (χ0v) is 21.7. The van der Waals surface area contributed by atoms with Crippen molar-refractivity contribution in [2.45, 2.75) is 77.5 Å². The number of nitrogens with one attached hydrogen (secondary N) is 5. The highest BCUT2D eigenvalue weighted by Crippen LogP contribution is 2.10. The second kappa shape index (κ2) is 14.1. The van der Waals surface area contributed by atoms with Crippen molar-refractivity contribution in [2.24, 2.45) is 17.6 Å². The van der Waals surface area contributed by atoms with E-state index in [-0.39, 0.29) is 31.1 Å². The number of nitrogens with two attached hydrogens (primary N) is 1. The highest BCUT2D eigenvalue weighted by molar-refractivity contribution is 5.94. The number of H-pyrrole nitrogens is 2. The molecule has 2 aromatic heterocycles. The van der Waals surface area contributed by atoms with E-state index in [9.17, 15) is 24.3 Å². The molecule has 0 aromatic carbocycles. The summed E-state index contributed by atoms with van der Waals surface area (Å²) >= 11 is 0. The molecular formula is C24H38N8O5. The molecule has 2 aromatic rings. The molecule has 0 saturated heterocycles. The van der Waals surface area contributed by atoms with Crippen LogP contribution < -0.4 is 21.7 Å². The van der Waals surface area contributed by atoms with Gasteiger partial charge in [-0.2, -0.15) is 0 Å². The van der Waals surface area contributed by atoms with Gasteiger partial charge in [-0.1, -0.05) is 27.7 Å². The van der Waals surface area contributed by atoms with E-state index in [1.54, 1.807) is 6.20 Å². The van der Waals surface area contributed by atoms with Gasteiger partial charge in [0.1, 0.15) is 18.1 Å². The van der Waals surface area contributed by atoms with Crippen molar-refractivity contribution in [1.29, 1.82) is 0 Å². The highest BCUT2D eigenvalue weighted by Gasteiger charge is 2.31. The molecule has 3 amide bonds. The summed E-state index contributed by atoms with van der Waals surface area (Å²) in [4.78, 5) is 64.3. The van der Waals surface area contributed by atoms with Crippen LogP contribution >= 0.6 is 0 Å². The molecule has 13 heteroatoms. The van der Waals surface area contributed by atoms with E-state index >= 15 is 0 Å². The number of hydrogen-bond donors (Lipinski definition) is 7. The number of aliphatic carboxylic acids is 1. The Morgan fingerprint density at radius 3 is 1.62 bits per heavy atom. The Labute approximate surface area is 215 Å². The fraction of sp³-hybridized carbons (Fsp3) is 0.583. The maximum atomic E-state index is 13.2. The zero-order valence-electron chi connectivity index (χ0n) is 21.7. The molecule has 4 unspecified atom stereocenters. The fourth-order valence-electron chi connectivity index (χ4n) is 3.77. The number of carbonyl (C=O) groups excluding carboxylic acids is 3. The quantitative estimate of drug-likeness (QED) is 0.169. The van der Waals surface area contributed by atoms with Crippen molar-refractivity contribution >= 4 is 23.7 Å². The minimum Gasteiger partial charge on any atom is -0.480 e. The maximum absolute atomic E-state index is 13.2. The van der Waals surface area contributed by atoms with Crippen LogP contribution in [0, 0.1) is 11.8 Å². The van der Waals surface area contributed by atoms with Gasteiger partial charge in [0, 0.05) is 36.6 Å². The number of carboxylic acids is 1. The van der Waals surface area contributed by atoms with Gasteiger partial charge in [-0.05, 0) is 24.7 Å². The molecular weight excluding hydrogens is 480 g/mol. The van der Waals surface area contributed by atoms with E-state index < -0.39 is 47.9 Å². The van der Waals surface area contributed by atoms with Gasteiger partial charge in [-0.15, -0.1) is 0 Å². The van der Waals surface area contributed by atoms with Gasteiger partial charge in [0.05, 0.1) is 18.7 Å². The van der Waals surface area contributed by atoms with Crippen molar-refractivity contribution < 1.29 is 24.3 Å². The van der Waals surface area contributed by atoms with Gasteiger partial charge in [0.25, 0.3) is 0 Å². The first-order valence-corrected chi connectivity index (χ1v) is 12.3. The van der Waals surface area contributed by atoms with Gasteiger partial charge in [0.15, 0.2) is 0 Å². The van der Waals surface area contributed by atoms with Crippen molar-refractivity contribution in [2.75, 3.05) is 0 Å². The van der Waals surface area contributed by atoms with Crippen LogP contribution in [-0.4, -0.2) is 72.9 Å². The number of carboxylic acid groups (broad SMARTS) is 1. The van der Waals surface area contributed by atoms with Crippen LogP contribution in [-0.2, 0) is 32.0 Å². The van der Waals surface area contributed by atoms with Gasteiger partial charge in [-0.25, -0.2) is 14.8 Å². The van der Waals surface area contributed by atoms with Crippen LogP contribution in [0.3, 0.4) is 0 Å². The van der Waals surface area contributed by atoms with Crippen LogP contribution in [0.1, 0.15) is 51.9 Å². The molecule has 0 radical (unpaired) electrons. The number of hydrogen-bond acceptors (Lipinski definition) is 7. The number of aromatic nitrogens is 4. The molecule has 37 heavy (non-hydrogen) atoms. The Hall–Kier alpha value is -3.74. The van der Waals surface area contributed by atoms with Gasteiger partial charge >= 0.3 is 5.97 Å². The van der Waals surface area contributed by atoms with E-state index in [1.807, 2.05) is 27.7 Å². The second-order valence-electron chi connectivity index (χ2n) is 9.95. The highest BCUT2D eigenvalue weighted by atomic mass is 16.4. The number of carbonyl (C=O) groups is 4.